The summed E-state index contributed by atoms with van der Waals surface area (Å²) in [5, 5.41) is 0. The zero-order chi connectivity index (χ0) is 15.5. The Morgan fingerprint density at radius 3 is 2.64 bits per heavy atom. The van der Waals surface area contributed by atoms with Crippen LogP contribution in [0.3, 0.4) is 0 Å². The average Bonchev–Trinajstić information content (AvgIpc) is 3.24. The van der Waals surface area contributed by atoms with Crippen LogP contribution in [0, 0.1) is 17.8 Å². The quantitative estimate of drug-likeness (QED) is 0.809. The highest BCUT2D eigenvalue weighted by Crippen LogP contribution is 2.58. The number of aryl methyl sites for hydroxylation is 1. The van der Waals surface area contributed by atoms with Crippen LogP contribution in [0.25, 0.3) is 0 Å². The Balaban J connectivity index is 1.77. The van der Waals surface area contributed by atoms with E-state index in [1.54, 1.807) is 6.08 Å². The van der Waals surface area contributed by atoms with Crippen LogP contribution in [0.5, 0.6) is 0 Å². The summed E-state index contributed by atoms with van der Waals surface area (Å²) in [5.74, 6) is -1.21. The lowest BCUT2D eigenvalue weighted by atomic mass is 9.82. The molecule has 4 unspecified atom stereocenters. The van der Waals surface area contributed by atoms with Crippen molar-refractivity contribution in [2.24, 2.45) is 17.8 Å². The molecule has 6 heteroatoms. The summed E-state index contributed by atoms with van der Waals surface area (Å²) in [5.41, 5.74) is 7.82. The number of nitrogens with two attached hydrogens (primary N) is 1. The SMILES string of the molecule is Nc1nc(C2C3CC3C=CC2C(F)(F)F)nc2c1CCCC2. The highest BCUT2D eigenvalue weighted by atomic mass is 19.4. The number of alkyl halides is 3. The lowest BCUT2D eigenvalue weighted by Gasteiger charge is -2.29. The van der Waals surface area contributed by atoms with Crippen molar-refractivity contribution in [1.82, 2.24) is 9.97 Å². The fourth-order valence-corrected chi connectivity index (χ4v) is 3.98. The molecule has 0 spiro atoms. The molecule has 4 atom stereocenters. The molecule has 1 fully saturated rings. The van der Waals surface area contributed by atoms with Crippen LogP contribution >= 0.6 is 0 Å². The predicted octanol–water partition coefficient (Wildman–Crippen LogP) is 3.41. The van der Waals surface area contributed by atoms with Crippen molar-refractivity contribution in [3.05, 3.63) is 29.2 Å². The van der Waals surface area contributed by atoms with Crippen molar-refractivity contribution in [3.63, 3.8) is 0 Å². The van der Waals surface area contributed by atoms with Crippen LogP contribution in [0.2, 0.25) is 0 Å². The number of hydrogen-bond acceptors (Lipinski definition) is 3. The standard InChI is InChI=1S/C16H18F3N3/c17-16(18,19)11-6-5-8-7-10(8)13(11)15-21-12-4-2-1-3-9(12)14(20)22-15/h5-6,8,10-11,13H,1-4,7H2,(H2,20,21,22). The molecule has 118 valence electrons. The Hall–Kier alpha value is -1.59. The Labute approximate surface area is 126 Å². The minimum Gasteiger partial charge on any atom is -0.383 e. The van der Waals surface area contributed by atoms with E-state index in [1.165, 1.54) is 6.08 Å². The third-order valence-corrected chi connectivity index (χ3v) is 5.21. The molecule has 1 heterocycles. The minimum atomic E-state index is -4.26. The molecule has 0 bridgehead atoms. The number of nitrogens with zero attached hydrogens (tertiary/aromatic N) is 2. The summed E-state index contributed by atoms with van der Waals surface area (Å²) in [6, 6.07) is 0. The molecule has 2 N–H and O–H groups in total. The minimum absolute atomic E-state index is 0.0117. The normalized spacial score (nSPS) is 33.2. The maximum absolute atomic E-state index is 13.4. The third-order valence-electron chi connectivity index (χ3n) is 5.21. The van der Waals surface area contributed by atoms with Gasteiger partial charge in [-0.15, -0.1) is 0 Å². The van der Waals surface area contributed by atoms with Gasteiger partial charge in [0.1, 0.15) is 11.6 Å². The van der Waals surface area contributed by atoms with Crippen LogP contribution in [0.1, 0.15) is 42.3 Å². The van der Waals surface area contributed by atoms with Crippen molar-refractivity contribution < 1.29 is 13.2 Å². The number of rotatable bonds is 1. The summed E-state index contributed by atoms with van der Waals surface area (Å²) in [4.78, 5) is 8.80. The monoisotopic (exact) mass is 309 g/mol. The van der Waals surface area contributed by atoms with E-state index < -0.39 is 18.0 Å². The molecule has 1 aromatic rings. The van der Waals surface area contributed by atoms with Crippen molar-refractivity contribution >= 4 is 5.82 Å². The van der Waals surface area contributed by atoms with Gasteiger partial charge in [-0.2, -0.15) is 13.2 Å². The Kier molecular flexibility index (Phi) is 3.00. The lowest BCUT2D eigenvalue weighted by Crippen LogP contribution is -2.32. The Morgan fingerprint density at radius 1 is 1.09 bits per heavy atom. The van der Waals surface area contributed by atoms with Gasteiger partial charge in [0.25, 0.3) is 0 Å². The number of hydrogen-bond donors (Lipinski definition) is 1. The highest BCUT2D eigenvalue weighted by molar-refractivity contribution is 5.44. The number of aromatic nitrogens is 2. The van der Waals surface area contributed by atoms with E-state index in [4.69, 9.17) is 5.73 Å². The van der Waals surface area contributed by atoms with Crippen LogP contribution in [0.4, 0.5) is 19.0 Å². The third kappa shape index (κ3) is 2.20. The van der Waals surface area contributed by atoms with Gasteiger partial charge in [0.15, 0.2) is 0 Å². The molecule has 4 rings (SSSR count). The van der Waals surface area contributed by atoms with E-state index in [9.17, 15) is 13.2 Å². The second kappa shape index (κ2) is 4.70. The predicted molar refractivity (Wildman–Crippen MR) is 76.1 cm³/mol. The number of halogens is 3. The summed E-state index contributed by atoms with van der Waals surface area (Å²) >= 11 is 0. The smallest absolute Gasteiger partial charge is 0.383 e. The van der Waals surface area contributed by atoms with Gasteiger partial charge in [-0.1, -0.05) is 12.2 Å². The molecule has 0 aromatic carbocycles. The van der Waals surface area contributed by atoms with Gasteiger partial charge < -0.3 is 5.73 Å². The molecule has 3 nitrogen and oxygen atoms in total. The van der Waals surface area contributed by atoms with Crippen molar-refractivity contribution in [3.8, 4) is 0 Å². The summed E-state index contributed by atoms with van der Waals surface area (Å²) < 4.78 is 40.1. The first-order valence-electron chi connectivity index (χ1n) is 7.85. The molecule has 22 heavy (non-hydrogen) atoms. The first kappa shape index (κ1) is 14.0. The van der Waals surface area contributed by atoms with Gasteiger partial charge in [-0.25, -0.2) is 9.97 Å². The zero-order valence-corrected chi connectivity index (χ0v) is 12.1. The molecule has 0 radical (unpaired) electrons. The second-order valence-electron chi connectivity index (χ2n) is 6.64. The Bertz CT molecular complexity index is 638. The van der Waals surface area contributed by atoms with Gasteiger partial charge in [0.05, 0.1) is 5.92 Å². The topological polar surface area (TPSA) is 51.8 Å². The van der Waals surface area contributed by atoms with Crippen molar-refractivity contribution in [2.75, 3.05) is 5.73 Å². The fraction of sp³-hybridized carbons (Fsp3) is 0.625. The number of anilines is 1. The van der Waals surface area contributed by atoms with E-state index >= 15 is 0 Å². The molecule has 0 saturated heterocycles. The first-order valence-corrected chi connectivity index (χ1v) is 7.85. The van der Waals surface area contributed by atoms with E-state index in [0.717, 1.165) is 43.4 Å². The van der Waals surface area contributed by atoms with Crippen LogP contribution in [-0.4, -0.2) is 16.1 Å². The number of allylic oxidation sites excluding steroid dienone is 2. The van der Waals surface area contributed by atoms with E-state index in [-0.39, 0.29) is 11.8 Å². The fourth-order valence-electron chi connectivity index (χ4n) is 3.98. The van der Waals surface area contributed by atoms with E-state index in [2.05, 4.69) is 9.97 Å². The van der Waals surface area contributed by atoms with Gasteiger partial charge in [0.2, 0.25) is 0 Å². The first-order chi connectivity index (χ1) is 10.4. The summed E-state index contributed by atoms with van der Waals surface area (Å²) in [7, 11) is 0. The average molecular weight is 309 g/mol. The van der Waals surface area contributed by atoms with Gasteiger partial charge in [-0.3, -0.25) is 0 Å². The molecular formula is C16H18F3N3. The summed E-state index contributed by atoms with van der Waals surface area (Å²) in [6.07, 6.45) is 3.24. The second-order valence-corrected chi connectivity index (χ2v) is 6.64. The highest BCUT2D eigenvalue weighted by Gasteiger charge is 2.56. The van der Waals surface area contributed by atoms with Crippen LogP contribution in [-0.2, 0) is 12.8 Å². The molecular weight excluding hydrogens is 291 g/mol. The molecule has 3 aliphatic rings. The largest absolute Gasteiger partial charge is 0.395 e. The zero-order valence-electron chi connectivity index (χ0n) is 12.1. The maximum Gasteiger partial charge on any atom is 0.395 e. The van der Waals surface area contributed by atoms with E-state index in [0.29, 0.717) is 11.6 Å². The van der Waals surface area contributed by atoms with Crippen LogP contribution < -0.4 is 5.73 Å². The number of nitrogen functional groups attached to an aromatic ring is 1. The Morgan fingerprint density at radius 2 is 1.86 bits per heavy atom. The van der Waals surface area contributed by atoms with Gasteiger partial charge >= 0.3 is 6.18 Å². The molecule has 1 saturated carbocycles. The van der Waals surface area contributed by atoms with Crippen LogP contribution in [0.15, 0.2) is 12.2 Å². The molecule has 0 amide bonds. The van der Waals surface area contributed by atoms with Crippen molar-refractivity contribution in [1.29, 1.82) is 0 Å². The maximum atomic E-state index is 13.4. The van der Waals surface area contributed by atoms with Gasteiger partial charge in [0, 0.05) is 17.2 Å². The number of fused-ring (bicyclic) bond motifs is 2. The van der Waals surface area contributed by atoms with Crippen molar-refractivity contribution in [2.45, 2.75) is 44.2 Å². The van der Waals surface area contributed by atoms with Gasteiger partial charge in [-0.05, 0) is 43.9 Å². The lowest BCUT2D eigenvalue weighted by molar-refractivity contribution is -0.170. The van der Waals surface area contributed by atoms with E-state index in [1.807, 2.05) is 0 Å². The molecule has 1 aromatic heterocycles. The summed E-state index contributed by atoms with van der Waals surface area (Å²) in [6.45, 7) is 0. The molecule has 3 aliphatic carbocycles. The molecule has 0 aliphatic heterocycles.